The number of hydrogen-bond donors (Lipinski definition) is 3. The van der Waals surface area contributed by atoms with Crippen molar-refractivity contribution in [3.63, 3.8) is 0 Å². The van der Waals surface area contributed by atoms with E-state index in [1.807, 2.05) is 30.3 Å². The molecule has 0 spiro atoms. The predicted molar refractivity (Wildman–Crippen MR) is 119 cm³/mol. The fourth-order valence-corrected chi connectivity index (χ4v) is 3.98. The number of fused-ring (bicyclic) bond motifs is 2. The molecule has 5 rings (SSSR count). The van der Waals surface area contributed by atoms with E-state index in [2.05, 4.69) is 30.6 Å². The molecule has 31 heavy (non-hydrogen) atoms. The van der Waals surface area contributed by atoms with E-state index in [1.165, 1.54) is 0 Å². The van der Waals surface area contributed by atoms with E-state index in [-0.39, 0.29) is 18.1 Å². The molecule has 0 aliphatic heterocycles. The minimum atomic E-state index is -0.304. The highest BCUT2D eigenvalue weighted by molar-refractivity contribution is 6.13. The normalized spacial score (nSPS) is 18.7. The van der Waals surface area contributed by atoms with Gasteiger partial charge in [0.05, 0.1) is 17.2 Å². The average Bonchev–Trinajstić information content (AvgIpc) is 2.80. The molecular weight excluding hydrogens is 392 g/mol. The number of aromatic nitrogens is 4. The second kappa shape index (κ2) is 8.23. The molecule has 1 fully saturated rings. The van der Waals surface area contributed by atoms with Gasteiger partial charge in [-0.05, 0) is 43.9 Å². The van der Waals surface area contributed by atoms with E-state index in [9.17, 15) is 9.90 Å². The van der Waals surface area contributed by atoms with Crippen molar-refractivity contribution in [3.05, 3.63) is 60.6 Å². The Morgan fingerprint density at radius 1 is 0.903 bits per heavy atom. The lowest BCUT2D eigenvalue weighted by atomic mass is 9.93. The Bertz CT molecular complexity index is 1250. The zero-order valence-electron chi connectivity index (χ0n) is 16.8. The van der Waals surface area contributed by atoms with E-state index in [0.717, 1.165) is 36.5 Å². The number of carbonyl (C=O) groups excluding carboxylic acids is 1. The number of aliphatic hydroxyl groups excluding tert-OH is 1. The number of anilines is 2. The molecule has 1 aliphatic carbocycles. The molecule has 8 nitrogen and oxygen atoms in total. The van der Waals surface area contributed by atoms with E-state index in [0.29, 0.717) is 28.4 Å². The molecule has 0 radical (unpaired) electrons. The summed E-state index contributed by atoms with van der Waals surface area (Å²) in [6.45, 7) is 0. The third-order valence-electron chi connectivity index (χ3n) is 5.64. The van der Waals surface area contributed by atoms with Crippen molar-refractivity contribution in [1.82, 2.24) is 19.9 Å². The van der Waals surface area contributed by atoms with Gasteiger partial charge in [0.25, 0.3) is 5.91 Å². The zero-order valence-corrected chi connectivity index (χ0v) is 16.8. The lowest BCUT2D eigenvalue weighted by Gasteiger charge is -2.26. The minimum Gasteiger partial charge on any atom is -0.393 e. The Hall–Kier alpha value is -3.65. The largest absolute Gasteiger partial charge is 0.393 e. The van der Waals surface area contributed by atoms with Crippen LogP contribution in [0.15, 0.2) is 55.0 Å². The molecule has 0 atom stereocenters. The molecule has 1 aromatic carbocycles. The highest BCUT2D eigenvalue weighted by Gasteiger charge is 2.20. The van der Waals surface area contributed by atoms with Crippen LogP contribution < -0.4 is 10.6 Å². The lowest BCUT2D eigenvalue weighted by molar-refractivity contribution is 0.102. The summed E-state index contributed by atoms with van der Waals surface area (Å²) in [4.78, 5) is 30.8. The first kappa shape index (κ1) is 19.3. The fourth-order valence-electron chi connectivity index (χ4n) is 3.98. The summed E-state index contributed by atoms with van der Waals surface area (Å²) >= 11 is 0. The first-order chi connectivity index (χ1) is 15.2. The summed E-state index contributed by atoms with van der Waals surface area (Å²) in [7, 11) is 0. The Morgan fingerprint density at radius 2 is 1.74 bits per heavy atom. The van der Waals surface area contributed by atoms with Gasteiger partial charge in [0.15, 0.2) is 5.82 Å². The van der Waals surface area contributed by atoms with Crippen LogP contribution in [0.2, 0.25) is 0 Å². The molecule has 156 valence electrons. The predicted octanol–water partition coefficient (Wildman–Crippen LogP) is 3.54. The number of para-hydroxylation sites is 1. The van der Waals surface area contributed by atoms with Crippen LogP contribution in [0.3, 0.4) is 0 Å². The Balaban J connectivity index is 1.44. The summed E-state index contributed by atoms with van der Waals surface area (Å²) in [6.07, 6.45) is 8.09. The van der Waals surface area contributed by atoms with Crippen LogP contribution in [-0.2, 0) is 0 Å². The average molecular weight is 414 g/mol. The highest BCUT2D eigenvalue weighted by Crippen LogP contribution is 2.24. The molecule has 0 saturated heterocycles. The van der Waals surface area contributed by atoms with Crippen LogP contribution in [0.5, 0.6) is 0 Å². The summed E-state index contributed by atoms with van der Waals surface area (Å²) in [6, 6.07) is 11.3. The maximum atomic E-state index is 13.1. The molecule has 1 amide bonds. The van der Waals surface area contributed by atoms with Crippen molar-refractivity contribution in [1.29, 1.82) is 0 Å². The molecule has 0 bridgehead atoms. The minimum absolute atomic E-state index is 0.216. The topological polar surface area (TPSA) is 113 Å². The number of pyridine rings is 2. The zero-order chi connectivity index (χ0) is 21.2. The molecule has 0 unspecified atom stereocenters. The number of hydrogen-bond acceptors (Lipinski definition) is 7. The van der Waals surface area contributed by atoms with Crippen molar-refractivity contribution >= 4 is 39.5 Å². The molecule has 4 aromatic rings. The number of amides is 1. The third kappa shape index (κ3) is 4.02. The standard InChI is InChI=1S/C23H22N6O2/c30-17-8-6-16(7-9-17)27-23-26-13-15-3-1-5-18(19(15)28-23)22(31)29-21-20-14(10-12-25-21)4-2-11-24-20/h1-5,10-13,16-17,30H,6-9H2,(H,25,29,31)(H,26,27,28). The number of benzene rings is 1. The van der Waals surface area contributed by atoms with Gasteiger partial charge in [-0.2, -0.15) is 0 Å². The first-order valence-corrected chi connectivity index (χ1v) is 10.4. The molecule has 8 heteroatoms. The van der Waals surface area contributed by atoms with Crippen molar-refractivity contribution < 1.29 is 9.90 Å². The van der Waals surface area contributed by atoms with Crippen LogP contribution in [-0.4, -0.2) is 43.1 Å². The Morgan fingerprint density at radius 3 is 2.61 bits per heavy atom. The first-order valence-electron chi connectivity index (χ1n) is 10.4. The molecule has 1 saturated carbocycles. The summed E-state index contributed by atoms with van der Waals surface area (Å²) in [5.41, 5.74) is 1.65. The number of nitrogens with zero attached hydrogens (tertiary/aromatic N) is 4. The van der Waals surface area contributed by atoms with Gasteiger partial charge < -0.3 is 15.7 Å². The highest BCUT2D eigenvalue weighted by atomic mass is 16.3. The van der Waals surface area contributed by atoms with Gasteiger partial charge in [0.1, 0.15) is 5.52 Å². The second-order valence-corrected chi connectivity index (χ2v) is 7.78. The van der Waals surface area contributed by atoms with E-state index in [4.69, 9.17) is 0 Å². The van der Waals surface area contributed by atoms with Crippen molar-refractivity contribution in [2.45, 2.75) is 37.8 Å². The Labute approximate surface area is 178 Å². The SMILES string of the molecule is O=C(Nc1nccc2cccnc12)c1cccc2cnc(NC3CCC(O)CC3)nc12. The van der Waals surface area contributed by atoms with Gasteiger partial charge in [-0.25, -0.2) is 15.0 Å². The quantitative estimate of drug-likeness (QED) is 0.468. The van der Waals surface area contributed by atoms with E-state index in [1.54, 1.807) is 24.7 Å². The second-order valence-electron chi connectivity index (χ2n) is 7.78. The van der Waals surface area contributed by atoms with Gasteiger partial charge in [0.2, 0.25) is 5.95 Å². The number of nitrogens with one attached hydrogen (secondary N) is 2. The van der Waals surface area contributed by atoms with Crippen LogP contribution >= 0.6 is 0 Å². The molecule has 1 aliphatic rings. The lowest BCUT2D eigenvalue weighted by Crippen LogP contribution is -2.29. The monoisotopic (exact) mass is 414 g/mol. The summed E-state index contributed by atoms with van der Waals surface area (Å²) < 4.78 is 0. The summed E-state index contributed by atoms with van der Waals surface area (Å²) in [5, 5.41) is 17.6. The molecule has 3 heterocycles. The van der Waals surface area contributed by atoms with Crippen LogP contribution in [0, 0.1) is 0 Å². The van der Waals surface area contributed by atoms with Gasteiger partial charge in [-0.3, -0.25) is 9.78 Å². The van der Waals surface area contributed by atoms with Gasteiger partial charge in [-0.1, -0.05) is 18.2 Å². The van der Waals surface area contributed by atoms with Gasteiger partial charge in [-0.15, -0.1) is 0 Å². The summed E-state index contributed by atoms with van der Waals surface area (Å²) in [5.74, 6) is 0.592. The van der Waals surface area contributed by atoms with Crippen LogP contribution in [0.25, 0.3) is 21.8 Å². The van der Waals surface area contributed by atoms with E-state index < -0.39 is 0 Å². The van der Waals surface area contributed by atoms with Gasteiger partial charge in [0, 0.05) is 35.4 Å². The molecule has 3 N–H and O–H groups in total. The fraction of sp³-hybridized carbons (Fsp3) is 0.261. The maximum absolute atomic E-state index is 13.1. The Kier molecular flexibility index (Phi) is 5.13. The van der Waals surface area contributed by atoms with Crippen molar-refractivity contribution in [3.8, 4) is 0 Å². The number of rotatable bonds is 4. The van der Waals surface area contributed by atoms with Crippen molar-refractivity contribution in [2.75, 3.05) is 10.6 Å². The maximum Gasteiger partial charge on any atom is 0.259 e. The number of aliphatic hydroxyl groups is 1. The smallest absolute Gasteiger partial charge is 0.259 e. The third-order valence-corrected chi connectivity index (χ3v) is 5.64. The van der Waals surface area contributed by atoms with Crippen LogP contribution in [0.1, 0.15) is 36.0 Å². The number of carbonyl (C=O) groups is 1. The van der Waals surface area contributed by atoms with Crippen molar-refractivity contribution in [2.24, 2.45) is 0 Å². The van der Waals surface area contributed by atoms with Gasteiger partial charge >= 0.3 is 0 Å². The molecule has 3 aromatic heterocycles. The van der Waals surface area contributed by atoms with Crippen LogP contribution in [0.4, 0.5) is 11.8 Å². The molecular formula is C23H22N6O2. The van der Waals surface area contributed by atoms with E-state index >= 15 is 0 Å².